The summed E-state index contributed by atoms with van der Waals surface area (Å²) in [6.45, 7) is 16.9. The highest BCUT2D eigenvalue weighted by atomic mass is 127. The second-order valence-electron chi connectivity index (χ2n) is 9.63. The van der Waals surface area contributed by atoms with Gasteiger partial charge in [-0.3, -0.25) is 4.99 Å². The molecule has 2 unspecified atom stereocenters. The van der Waals surface area contributed by atoms with E-state index in [4.69, 9.17) is 4.74 Å². The fraction of sp³-hybridized carbons (Fsp3) is 0.952. The first-order valence-corrected chi connectivity index (χ1v) is 10.6. The van der Waals surface area contributed by atoms with Crippen LogP contribution in [0.2, 0.25) is 0 Å². The molecule has 0 bridgehead atoms. The molecule has 0 amide bonds. The lowest BCUT2D eigenvalue weighted by atomic mass is 9.78. The first kappa shape index (κ1) is 25.0. The smallest absolute Gasteiger partial charge is 0.191 e. The van der Waals surface area contributed by atoms with Crippen molar-refractivity contribution in [3.05, 3.63) is 0 Å². The Kier molecular flexibility index (Phi) is 10.9. The van der Waals surface area contributed by atoms with E-state index in [0.29, 0.717) is 18.1 Å². The second-order valence-corrected chi connectivity index (χ2v) is 9.63. The summed E-state index contributed by atoms with van der Waals surface area (Å²) in [4.78, 5) is 7.05. The summed E-state index contributed by atoms with van der Waals surface area (Å²) in [5.74, 6) is 2.25. The second kappa shape index (κ2) is 11.8. The number of nitrogens with zero attached hydrogens (tertiary/aromatic N) is 2. The lowest BCUT2D eigenvalue weighted by molar-refractivity contribution is -0.0835. The fourth-order valence-electron chi connectivity index (χ4n) is 4.40. The minimum absolute atomic E-state index is 0. The molecule has 2 N–H and O–H groups in total. The van der Waals surface area contributed by atoms with Crippen molar-refractivity contribution in [3.63, 3.8) is 0 Å². The minimum Gasteiger partial charge on any atom is -0.377 e. The molecule has 2 atom stereocenters. The fourth-order valence-corrected chi connectivity index (χ4v) is 4.40. The quantitative estimate of drug-likeness (QED) is 0.348. The predicted molar refractivity (Wildman–Crippen MR) is 126 cm³/mol. The summed E-state index contributed by atoms with van der Waals surface area (Å²) >= 11 is 0. The van der Waals surface area contributed by atoms with Gasteiger partial charge in [0.05, 0.1) is 6.10 Å². The molecule has 6 heteroatoms. The van der Waals surface area contributed by atoms with Crippen LogP contribution in [-0.4, -0.2) is 62.8 Å². The van der Waals surface area contributed by atoms with Crippen LogP contribution >= 0.6 is 24.0 Å². The lowest BCUT2D eigenvalue weighted by Crippen LogP contribution is -2.51. The van der Waals surface area contributed by atoms with Gasteiger partial charge in [0.15, 0.2) is 5.96 Å². The molecule has 0 aromatic rings. The molecule has 0 aromatic carbocycles. The number of aliphatic imine (C=N–C) groups is 1. The Hall–Kier alpha value is -0.0800. The van der Waals surface area contributed by atoms with Gasteiger partial charge < -0.3 is 20.3 Å². The van der Waals surface area contributed by atoms with Gasteiger partial charge in [-0.2, -0.15) is 0 Å². The zero-order chi connectivity index (χ0) is 19.2. The van der Waals surface area contributed by atoms with E-state index < -0.39 is 0 Å². The summed E-state index contributed by atoms with van der Waals surface area (Å²) in [5.41, 5.74) is 0.187. The van der Waals surface area contributed by atoms with Crippen LogP contribution in [0.15, 0.2) is 4.99 Å². The van der Waals surface area contributed by atoms with E-state index in [9.17, 15) is 0 Å². The van der Waals surface area contributed by atoms with Gasteiger partial charge in [-0.15, -0.1) is 24.0 Å². The van der Waals surface area contributed by atoms with Crippen LogP contribution in [0.3, 0.4) is 0 Å². The molecule has 0 aromatic heterocycles. The Bertz CT molecular complexity index is 442. The molecular weight excluding hydrogens is 451 g/mol. The maximum absolute atomic E-state index is 6.11. The van der Waals surface area contributed by atoms with Crippen LogP contribution in [-0.2, 0) is 4.74 Å². The number of hydrogen-bond acceptors (Lipinski definition) is 3. The van der Waals surface area contributed by atoms with Crippen LogP contribution < -0.4 is 10.6 Å². The van der Waals surface area contributed by atoms with E-state index in [-0.39, 0.29) is 29.4 Å². The van der Waals surface area contributed by atoms with Crippen LogP contribution in [0.25, 0.3) is 0 Å². The van der Waals surface area contributed by atoms with E-state index in [1.54, 1.807) is 0 Å². The molecule has 2 aliphatic heterocycles. The van der Waals surface area contributed by atoms with E-state index in [2.05, 4.69) is 55.1 Å². The first-order chi connectivity index (χ1) is 12.3. The van der Waals surface area contributed by atoms with E-state index >= 15 is 0 Å². The molecular formula is C21H43IN4O. The summed E-state index contributed by atoms with van der Waals surface area (Å²) in [7, 11) is 1.88. The van der Waals surface area contributed by atoms with E-state index in [0.717, 1.165) is 25.0 Å². The number of rotatable bonds is 5. The molecule has 0 aliphatic carbocycles. The van der Waals surface area contributed by atoms with Crippen molar-refractivity contribution in [1.82, 2.24) is 15.5 Å². The predicted octanol–water partition coefficient (Wildman–Crippen LogP) is 3.73. The van der Waals surface area contributed by atoms with Crippen molar-refractivity contribution in [3.8, 4) is 0 Å². The van der Waals surface area contributed by atoms with Crippen LogP contribution in [0, 0.1) is 17.3 Å². The van der Waals surface area contributed by atoms with Crippen molar-refractivity contribution in [2.75, 3.05) is 39.8 Å². The maximum Gasteiger partial charge on any atom is 0.191 e. The summed E-state index contributed by atoms with van der Waals surface area (Å²) in [5, 5.41) is 7.22. The average Bonchev–Trinajstić information content (AvgIpc) is 2.59. The summed E-state index contributed by atoms with van der Waals surface area (Å²) in [6.07, 6.45) is 5.12. The van der Waals surface area contributed by atoms with Gasteiger partial charge >= 0.3 is 0 Å². The topological polar surface area (TPSA) is 48.9 Å². The third-order valence-electron chi connectivity index (χ3n) is 5.61. The van der Waals surface area contributed by atoms with Crippen LogP contribution in [0.4, 0.5) is 0 Å². The molecule has 2 aliphatic rings. The molecule has 2 rings (SSSR count). The van der Waals surface area contributed by atoms with Gasteiger partial charge in [0.1, 0.15) is 0 Å². The van der Waals surface area contributed by atoms with E-state index in [1.807, 2.05) is 7.05 Å². The normalized spacial score (nSPS) is 26.0. The van der Waals surface area contributed by atoms with Crippen molar-refractivity contribution in [2.45, 2.75) is 72.4 Å². The van der Waals surface area contributed by atoms with Gasteiger partial charge in [0.2, 0.25) is 0 Å². The van der Waals surface area contributed by atoms with Gasteiger partial charge in [0.25, 0.3) is 0 Å². The third kappa shape index (κ3) is 8.44. The summed E-state index contributed by atoms with van der Waals surface area (Å²) < 4.78 is 6.11. The highest BCUT2D eigenvalue weighted by Gasteiger charge is 2.35. The largest absolute Gasteiger partial charge is 0.377 e. The highest BCUT2D eigenvalue weighted by molar-refractivity contribution is 14.0. The Labute approximate surface area is 184 Å². The molecule has 2 heterocycles. The van der Waals surface area contributed by atoms with E-state index in [1.165, 1.54) is 45.3 Å². The van der Waals surface area contributed by atoms with Crippen molar-refractivity contribution in [2.24, 2.45) is 22.2 Å². The van der Waals surface area contributed by atoms with Gasteiger partial charge in [0, 0.05) is 51.8 Å². The van der Waals surface area contributed by atoms with Crippen LogP contribution in [0.5, 0.6) is 0 Å². The molecule has 0 saturated carbocycles. The number of nitrogens with one attached hydrogen (secondary N) is 2. The van der Waals surface area contributed by atoms with Gasteiger partial charge in [-0.25, -0.2) is 0 Å². The summed E-state index contributed by atoms with van der Waals surface area (Å²) in [6, 6.07) is 0.533. The molecule has 2 fully saturated rings. The minimum atomic E-state index is 0. The lowest BCUT2D eigenvalue weighted by Gasteiger charge is -2.40. The zero-order valence-electron chi connectivity index (χ0n) is 18.4. The maximum atomic E-state index is 6.11. The first-order valence-electron chi connectivity index (χ1n) is 10.6. The zero-order valence-corrected chi connectivity index (χ0v) is 20.7. The van der Waals surface area contributed by atoms with Crippen LogP contribution in [0.1, 0.15) is 60.3 Å². The molecule has 0 spiro atoms. The molecule has 2 saturated heterocycles. The van der Waals surface area contributed by atoms with Gasteiger partial charge in [-0.1, -0.05) is 34.6 Å². The van der Waals surface area contributed by atoms with Crippen molar-refractivity contribution in [1.29, 1.82) is 0 Å². The molecule has 160 valence electrons. The number of likely N-dealkylation sites (tertiary alicyclic amines) is 1. The highest BCUT2D eigenvalue weighted by Crippen LogP contribution is 2.33. The monoisotopic (exact) mass is 494 g/mol. The number of piperidine rings is 1. The molecule has 5 nitrogen and oxygen atoms in total. The Morgan fingerprint density at radius 2 is 1.85 bits per heavy atom. The van der Waals surface area contributed by atoms with Crippen molar-refractivity contribution < 1.29 is 4.74 Å². The molecule has 27 heavy (non-hydrogen) atoms. The number of halogens is 1. The number of guanidine groups is 1. The van der Waals surface area contributed by atoms with Gasteiger partial charge in [-0.05, 0) is 37.0 Å². The third-order valence-corrected chi connectivity index (χ3v) is 5.61. The molecule has 0 radical (unpaired) electrons. The standard InChI is InChI=1S/C21H42N4O.HI/c1-16(2)15-25-11-9-18(10-12-25)24-20(22-6)23-14-17-8-7-13-26-19(17)21(3,4)5;/h16-19H,7-15H2,1-6H3,(H2,22,23,24);1H. The SMILES string of the molecule is CN=C(NCC1CCCOC1C(C)(C)C)NC1CCN(CC(C)C)CC1.I. The Balaban J connectivity index is 0.00000364. The average molecular weight is 495 g/mol. The number of ether oxygens (including phenoxy) is 1. The Morgan fingerprint density at radius 3 is 2.41 bits per heavy atom. The van der Waals surface area contributed by atoms with Crippen molar-refractivity contribution >= 4 is 29.9 Å². The Morgan fingerprint density at radius 1 is 1.19 bits per heavy atom. The number of hydrogen-bond donors (Lipinski definition) is 2.